The first-order valence-corrected chi connectivity index (χ1v) is 8.23. The fourth-order valence-electron chi connectivity index (χ4n) is 2.63. The van der Waals surface area contributed by atoms with Gasteiger partial charge in [0.25, 0.3) is 0 Å². The SMILES string of the molecule is Cc1ccccc1CNC(=O)C1CC1C(=O)NCCCN(C)C. The second kappa shape index (κ2) is 8.11. The normalized spacial score (nSPS) is 19.5. The van der Waals surface area contributed by atoms with Crippen LogP contribution in [-0.4, -0.2) is 43.9 Å². The number of aryl methyl sites for hydroxylation is 1. The molecular formula is C18H27N3O2. The van der Waals surface area contributed by atoms with Crippen LogP contribution in [0, 0.1) is 18.8 Å². The highest BCUT2D eigenvalue weighted by Crippen LogP contribution is 2.38. The van der Waals surface area contributed by atoms with Gasteiger partial charge in [-0.25, -0.2) is 0 Å². The number of carbonyl (C=O) groups is 2. The van der Waals surface area contributed by atoms with Crippen LogP contribution in [0.25, 0.3) is 0 Å². The van der Waals surface area contributed by atoms with Crippen molar-refractivity contribution in [2.75, 3.05) is 27.2 Å². The van der Waals surface area contributed by atoms with Crippen LogP contribution in [0.2, 0.25) is 0 Å². The van der Waals surface area contributed by atoms with E-state index in [-0.39, 0.29) is 23.7 Å². The van der Waals surface area contributed by atoms with Crippen LogP contribution in [0.5, 0.6) is 0 Å². The molecule has 0 radical (unpaired) electrons. The fourth-order valence-corrected chi connectivity index (χ4v) is 2.63. The largest absolute Gasteiger partial charge is 0.356 e. The smallest absolute Gasteiger partial charge is 0.224 e. The van der Waals surface area contributed by atoms with Crippen molar-refractivity contribution in [3.05, 3.63) is 35.4 Å². The van der Waals surface area contributed by atoms with Gasteiger partial charge in [0.05, 0.1) is 11.8 Å². The molecule has 1 fully saturated rings. The zero-order valence-electron chi connectivity index (χ0n) is 14.3. The fraction of sp³-hybridized carbons (Fsp3) is 0.556. The topological polar surface area (TPSA) is 61.4 Å². The second-order valence-corrected chi connectivity index (χ2v) is 6.54. The molecular weight excluding hydrogens is 290 g/mol. The molecule has 5 heteroatoms. The van der Waals surface area contributed by atoms with Crippen LogP contribution in [0.4, 0.5) is 0 Å². The van der Waals surface area contributed by atoms with Gasteiger partial charge in [0.1, 0.15) is 0 Å². The summed E-state index contributed by atoms with van der Waals surface area (Å²) in [5.41, 5.74) is 2.28. The maximum Gasteiger partial charge on any atom is 0.224 e. The van der Waals surface area contributed by atoms with E-state index >= 15 is 0 Å². The van der Waals surface area contributed by atoms with Gasteiger partial charge in [-0.2, -0.15) is 0 Å². The molecule has 2 rings (SSSR count). The zero-order valence-corrected chi connectivity index (χ0v) is 14.3. The van der Waals surface area contributed by atoms with Crippen molar-refractivity contribution in [2.45, 2.75) is 26.3 Å². The summed E-state index contributed by atoms with van der Waals surface area (Å²) in [4.78, 5) is 26.2. The van der Waals surface area contributed by atoms with E-state index in [1.165, 1.54) is 5.56 Å². The van der Waals surface area contributed by atoms with Crippen molar-refractivity contribution >= 4 is 11.8 Å². The van der Waals surface area contributed by atoms with Crippen molar-refractivity contribution in [1.82, 2.24) is 15.5 Å². The molecule has 2 amide bonds. The third-order valence-electron chi connectivity index (χ3n) is 4.26. The Morgan fingerprint density at radius 2 is 1.78 bits per heavy atom. The van der Waals surface area contributed by atoms with E-state index < -0.39 is 0 Å². The maximum atomic E-state index is 12.1. The average Bonchev–Trinajstić information content (AvgIpc) is 3.31. The molecule has 0 spiro atoms. The van der Waals surface area contributed by atoms with Gasteiger partial charge in [-0.3, -0.25) is 9.59 Å². The molecule has 0 aliphatic heterocycles. The van der Waals surface area contributed by atoms with E-state index in [2.05, 4.69) is 15.5 Å². The molecule has 0 saturated heterocycles. The molecule has 1 aliphatic carbocycles. The van der Waals surface area contributed by atoms with Gasteiger partial charge in [-0.05, 0) is 51.5 Å². The lowest BCUT2D eigenvalue weighted by Crippen LogP contribution is -2.31. The summed E-state index contributed by atoms with van der Waals surface area (Å²) in [7, 11) is 4.02. The Balaban J connectivity index is 1.68. The summed E-state index contributed by atoms with van der Waals surface area (Å²) in [5, 5.41) is 5.87. The molecule has 126 valence electrons. The van der Waals surface area contributed by atoms with Gasteiger partial charge in [0, 0.05) is 13.1 Å². The van der Waals surface area contributed by atoms with Gasteiger partial charge in [0.2, 0.25) is 11.8 Å². The molecule has 1 aliphatic rings. The van der Waals surface area contributed by atoms with Gasteiger partial charge >= 0.3 is 0 Å². The highest BCUT2D eigenvalue weighted by molar-refractivity contribution is 5.92. The third kappa shape index (κ3) is 5.36. The Morgan fingerprint density at radius 3 is 2.43 bits per heavy atom. The Bertz CT molecular complexity index is 557. The van der Waals surface area contributed by atoms with Crippen LogP contribution in [0.3, 0.4) is 0 Å². The summed E-state index contributed by atoms with van der Waals surface area (Å²) in [5.74, 6) is -0.305. The van der Waals surface area contributed by atoms with Gasteiger partial charge in [-0.1, -0.05) is 24.3 Å². The standard InChI is InChI=1S/C18H27N3O2/c1-13-7-4-5-8-14(13)12-20-18(23)16-11-15(16)17(22)19-9-6-10-21(2)3/h4-5,7-8,15-16H,6,9-12H2,1-3H3,(H,19,22)(H,20,23). The van der Waals surface area contributed by atoms with Crippen LogP contribution in [0.1, 0.15) is 24.0 Å². The molecule has 2 atom stereocenters. The van der Waals surface area contributed by atoms with Gasteiger partial charge in [-0.15, -0.1) is 0 Å². The van der Waals surface area contributed by atoms with Crippen molar-refractivity contribution < 1.29 is 9.59 Å². The van der Waals surface area contributed by atoms with E-state index in [1.54, 1.807) is 0 Å². The number of benzene rings is 1. The Kier molecular flexibility index (Phi) is 6.16. The van der Waals surface area contributed by atoms with Crippen molar-refractivity contribution in [1.29, 1.82) is 0 Å². The lowest BCUT2D eigenvalue weighted by atomic mass is 10.1. The van der Waals surface area contributed by atoms with E-state index in [0.717, 1.165) is 18.5 Å². The number of hydrogen-bond acceptors (Lipinski definition) is 3. The first-order valence-electron chi connectivity index (χ1n) is 8.23. The number of nitrogens with one attached hydrogen (secondary N) is 2. The molecule has 23 heavy (non-hydrogen) atoms. The Labute approximate surface area is 138 Å². The van der Waals surface area contributed by atoms with Crippen LogP contribution in [0.15, 0.2) is 24.3 Å². The monoisotopic (exact) mass is 317 g/mol. The van der Waals surface area contributed by atoms with E-state index in [4.69, 9.17) is 0 Å². The van der Waals surface area contributed by atoms with E-state index in [0.29, 0.717) is 19.5 Å². The first kappa shape index (κ1) is 17.5. The molecule has 1 aromatic carbocycles. The molecule has 1 aromatic rings. The highest BCUT2D eigenvalue weighted by atomic mass is 16.2. The van der Waals surface area contributed by atoms with Gasteiger partial charge in [0.15, 0.2) is 0 Å². The lowest BCUT2D eigenvalue weighted by Gasteiger charge is -2.10. The Hall–Kier alpha value is -1.88. The molecule has 0 heterocycles. The minimum Gasteiger partial charge on any atom is -0.356 e. The highest BCUT2D eigenvalue weighted by Gasteiger charge is 2.47. The van der Waals surface area contributed by atoms with Crippen molar-refractivity contribution in [3.63, 3.8) is 0 Å². The summed E-state index contributed by atoms with van der Waals surface area (Å²) in [6.45, 7) is 4.18. The summed E-state index contributed by atoms with van der Waals surface area (Å²) < 4.78 is 0. The molecule has 2 unspecified atom stereocenters. The number of amides is 2. The van der Waals surface area contributed by atoms with E-state index in [1.807, 2.05) is 45.3 Å². The molecule has 1 saturated carbocycles. The minimum absolute atomic E-state index is 0.0123. The quantitative estimate of drug-likeness (QED) is 0.711. The Morgan fingerprint density at radius 1 is 1.13 bits per heavy atom. The van der Waals surface area contributed by atoms with E-state index in [9.17, 15) is 9.59 Å². The number of hydrogen-bond donors (Lipinski definition) is 2. The number of carbonyl (C=O) groups excluding carboxylic acids is 2. The maximum absolute atomic E-state index is 12.1. The predicted octanol–water partition coefficient (Wildman–Crippen LogP) is 1.32. The van der Waals surface area contributed by atoms with Crippen LogP contribution in [-0.2, 0) is 16.1 Å². The van der Waals surface area contributed by atoms with Crippen molar-refractivity contribution in [3.8, 4) is 0 Å². The molecule has 2 N–H and O–H groups in total. The number of rotatable bonds is 8. The van der Waals surface area contributed by atoms with Crippen molar-refractivity contribution in [2.24, 2.45) is 11.8 Å². The summed E-state index contributed by atoms with van der Waals surface area (Å²) in [6, 6.07) is 7.99. The van der Waals surface area contributed by atoms with Gasteiger partial charge < -0.3 is 15.5 Å². The van der Waals surface area contributed by atoms with Crippen LogP contribution >= 0.6 is 0 Å². The zero-order chi connectivity index (χ0) is 16.8. The summed E-state index contributed by atoms with van der Waals surface area (Å²) in [6.07, 6.45) is 1.59. The first-order chi connectivity index (χ1) is 11.0. The average molecular weight is 317 g/mol. The van der Waals surface area contributed by atoms with Crippen LogP contribution < -0.4 is 10.6 Å². The minimum atomic E-state index is -0.159. The molecule has 0 aromatic heterocycles. The molecule has 5 nitrogen and oxygen atoms in total. The second-order valence-electron chi connectivity index (χ2n) is 6.54. The third-order valence-corrected chi connectivity index (χ3v) is 4.26. The lowest BCUT2D eigenvalue weighted by molar-refractivity contribution is -0.127. The summed E-state index contributed by atoms with van der Waals surface area (Å²) >= 11 is 0. The molecule has 0 bridgehead atoms. The predicted molar refractivity (Wildman–Crippen MR) is 90.8 cm³/mol. The number of nitrogens with zero attached hydrogens (tertiary/aromatic N) is 1.